The number of rotatable bonds is 3. The summed E-state index contributed by atoms with van der Waals surface area (Å²) in [5.41, 5.74) is 0. The van der Waals surface area contributed by atoms with Gasteiger partial charge in [0.15, 0.2) is 0 Å². The molecule has 1 N–H and O–H groups in total. The number of anilines is 1. The quantitative estimate of drug-likeness (QED) is 0.885. The van der Waals surface area contributed by atoms with E-state index in [1.54, 1.807) is 0 Å². The topological polar surface area (TPSA) is 33.1 Å². The van der Waals surface area contributed by atoms with Gasteiger partial charge in [-0.3, -0.25) is 0 Å². The minimum Gasteiger partial charge on any atom is -0.342 e. The van der Waals surface area contributed by atoms with E-state index in [2.05, 4.69) is 33.0 Å². The molecule has 4 rings (SSSR count). The molecule has 0 aromatic carbocycles. The van der Waals surface area contributed by atoms with E-state index in [1.165, 1.54) is 44.5 Å². The Kier molecular flexibility index (Phi) is 2.40. The van der Waals surface area contributed by atoms with Crippen LogP contribution in [0.2, 0.25) is 0 Å². The fourth-order valence-electron chi connectivity index (χ4n) is 3.72. The Morgan fingerprint density at radius 3 is 2.61 bits per heavy atom. The Morgan fingerprint density at radius 1 is 1.22 bits per heavy atom. The number of hydrogen-bond donors (Lipinski definition) is 1. The van der Waals surface area contributed by atoms with Gasteiger partial charge in [0.25, 0.3) is 0 Å². The van der Waals surface area contributed by atoms with Crippen LogP contribution in [0, 0.1) is 0 Å². The van der Waals surface area contributed by atoms with E-state index in [4.69, 9.17) is 0 Å². The number of hydrogen-bond acceptors (Lipinski definition) is 3. The molecule has 0 spiro atoms. The maximum Gasteiger partial charge on any atom is 0.205 e. The number of fused-ring (bicyclic) bond motifs is 2. The Bertz CT molecular complexity index is 425. The van der Waals surface area contributed by atoms with E-state index in [1.807, 2.05) is 6.20 Å². The fraction of sp³-hybridized carbons (Fsp3) is 0.786. The molecule has 18 heavy (non-hydrogen) atoms. The maximum atomic E-state index is 4.59. The van der Waals surface area contributed by atoms with Crippen molar-refractivity contribution in [1.29, 1.82) is 0 Å². The van der Waals surface area contributed by atoms with Gasteiger partial charge in [-0.2, -0.15) is 0 Å². The van der Waals surface area contributed by atoms with Crippen LogP contribution in [-0.4, -0.2) is 34.7 Å². The van der Waals surface area contributed by atoms with Gasteiger partial charge < -0.3 is 14.8 Å². The van der Waals surface area contributed by atoms with E-state index in [-0.39, 0.29) is 0 Å². The second-order valence-corrected chi connectivity index (χ2v) is 6.24. The molecule has 4 heteroatoms. The van der Waals surface area contributed by atoms with Crippen molar-refractivity contribution in [3.63, 3.8) is 0 Å². The highest BCUT2D eigenvalue weighted by molar-refractivity contribution is 5.34. The second kappa shape index (κ2) is 3.98. The summed E-state index contributed by atoms with van der Waals surface area (Å²) in [4.78, 5) is 7.03. The zero-order valence-electron chi connectivity index (χ0n) is 11.0. The molecule has 2 unspecified atom stereocenters. The highest BCUT2D eigenvalue weighted by atomic mass is 15.3. The van der Waals surface area contributed by atoms with Gasteiger partial charge in [-0.15, -0.1) is 0 Å². The molecular weight excluding hydrogens is 224 g/mol. The van der Waals surface area contributed by atoms with Gasteiger partial charge in [0.05, 0.1) is 0 Å². The molecule has 1 aliphatic carbocycles. The number of aromatic nitrogens is 2. The highest BCUT2D eigenvalue weighted by Crippen LogP contribution is 2.39. The molecule has 2 bridgehead atoms. The lowest BCUT2D eigenvalue weighted by Crippen LogP contribution is -2.47. The van der Waals surface area contributed by atoms with Crippen LogP contribution in [0.4, 0.5) is 5.95 Å². The first-order chi connectivity index (χ1) is 8.81. The molecule has 4 nitrogen and oxygen atoms in total. The molecule has 1 saturated carbocycles. The first-order valence-electron chi connectivity index (χ1n) is 7.33. The molecule has 1 aromatic heterocycles. The van der Waals surface area contributed by atoms with Gasteiger partial charge >= 0.3 is 0 Å². The average molecular weight is 246 g/mol. The smallest absolute Gasteiger partial charge is 0.205 e. The second-order valence-electron chi connectivity index (χ2n) is 6.24. The van der Waals surface area contributed by atoms with Crippen molar-refractivity contribution < 1.29 is 0 Å². The molecule has 0 amide bonds. The first-order valence-corrected chi connectivity index (χ1v) is 7.33. The Morgan fingerprint density at radius 2 is 1.94 bits per heavy atom. The molecule has 3 aliphatic rings. The zero-order valence-corrected chi connectivity index (χ0v) is 11.0. The van der Waals surface area contributed by atoms with Crippen LogP contribution >= 0.6 is 0 Å². The van der Waals surface area contributed by atoms with Crippen molar-refractivity contribution in [2.24, 2.45) is 0 Å². The summed E-state index contributed by atoms with van der Waals surface area (Å²) >= 11 is 0. The van der Waals surface area contributed by atoms with Crippen LogP contribution in [0.5, 0.6) is 0 Å². The number of imidazole rings is 1. The molecule has 2 saturated heterocycles. The monoisotopic (exact) mass is 246 g/mol. The highest BCUT2D eigenvalue weighted by Gasteiger charge is 2.36. The predicted octanol–water partition coefficient (Wildman–Crippen LogP) is 1.94. The SMILES string of the molecule is CN(c1nccn1C1CC1)C1CC2CCC(C1)N2. The normalized spacial score (nSPS) is 34.8. The predicted molar refractivity (Wildman–Crippen MR) is 71.9 cm³/mol. The van der Waals surface area contributed by atoms with Gasteiger partial charge in [-0.1, -0.05) is 0 Å². The van der Waals surface area contributed by atoms with E-state index >= 15 is 0 Å². The van der Waals surface area contributed by atoms with Gasteiger partial charge in [0.1, 0.15) is 0 Å². The summed E-state index contributed by atoms with van der Waals surface area (Å²) in [6, 6.07) is 2.90. The summed E-state index contributed by atoms with van der Waals surface area (Å²) in [6.45, 7) is 0. The van der Waals surface area contributed by atoms with Gasteiger partial charge in [-0.05, 0) is 38.5 Å². The summed E-state index contributed by atoms with van der Waals surface area (Å²) in [7, 11) is 2.23. The van der Waals surface area contributed by atoms with E-state index in [0.717, 1.165) is 18.1 Å². The molecule has 1 aromatic rings. The van der Waals surface area contributed by atoms with Gasteiger partial charge in [-0.25, -0.2) is 4.98 Å². The zero-order chi connectivity index (χ0) is 12.1. The molecule has 2 aliphatic heterocycles. The lowest BCUT2D eigenvalue weighted by atomic mass is 9.99. The van der Waals surface area contributed by atoms with Gasteiger partial charge in [0.2, 0.25) is 5.95 Å². The van der Waals surface area contributed by atoms with Crippen molar-refractivity contribution in [2.45, 2.75) is 62.7 Å². The van der Waals surface area contributed by atoms with Crippen molar-refractivity contribution in [2.75, 3.05) is 11.9 Å². The Balaban J connectivity index is 1.55. The molecule has 3 heterocycles. The number of nitrogens with zero attached hydrogens (tertiary/aromatic N) is 3. The lowest BCUT2D eigenvalue weighted by molar-refractivity contribution is 0.351. The van der Waals surface area contributed by atoms with Crippen molar-refractivity contribution >= 4 is 5.95 Å². The van der Waals surface area contributed by atoms with Crippen LogP contribution in [-0.2, 0) is 0 Å². The van der Waals surface area contributed by atoms with Crippen LogP contribution in [0.3, 0.4) is 0 Å². The van der Waals surface area contributed by atoms with E-state index < -0.39 is 0 Å². The van der Waals surface area contributed by atoms with Gasteiger partial charge in [0, 0.05) is 43.6 Å². The maximum absolute atomic E-state index is 4.59. The summed E-state index contributed by atoms with van der Waals surface area (Å²) in [6.07, 6.45) is 12.1. The summed E-state index contributed by atoms with van der Waals surface area (Å²) in [5, 5.41) is 3.72. The fourth-order valence-corrected chi connectivity index (χ4v) is 3.72. The average Bonchev–Trinajstić information content (AvgIpc) is 3.03. The van der Waals surface area contributed by atoms with E-state index in [0.29, 0.717) is 6.04 Å². The summed E-state index contributed by atoms with van der Waals surface area (Å²) in [5.74, 6) is 1.18. The third-order valence-electron chi connectivity index (χ3n) is 4.90. The summed E-state index contributed by atoms with van der Waals surface area (Å²) < 4.78 is 2.38. The first kappa shape index (κ1) is 10.9. The molecule has 98 valence electrons. The van der Waals surface area contributed by atoms with E-state index in [9.17, 15) is 0 Å². The largest absolute Gasteiger partial charge is 0.342 e. The standard InChI is InChI=1S/C14H22N4/c1-17(13-8-10-2-3-11(9-13)16-10)14-15-6-7-18(14)12-4-5-12/h6-7,10-13,16H,2-5,8-9H2,1H3. The number of piperidine rings is 1. The van der Waals surface area contributed by atoms with Crippen LogP contribution in [0.25, 0.3) is 0 Å². The van der Waals surface area contributed by atoms with Crippen LogP contribution < -0.4 is 10.2 Å². The van der Waals surface area contributed by atoms with Crippen LogP contribution in [0.15, 0.2) is 12.4 Å². The molecule has 3 fully saturated rings. The molecule has 2 atom stereocenters. The van der Waals surface area contributed by atoms with Crippen molar-refractivity contribution in [3.05, 3.63) is 12.4 Å². The third-order valence-corrected chi connectivity index (χ3v) is 4.90. The third kappa shape index (κ3) is 1.74. The Labute approximate surface area is 108 Å². The lowest BCUT2D eigenvalue weighted by Gasteiger charge is -2.36. The van der Waals surface area contributed by atoms with Crippen molar-refractivity contribution in [3.8, 4) is 0 Å². The van der Waals surface area contributed by atoms with Crippen molar-refractivity contribution in [1.82, 2.24) is 14.9 Å². The molecule has 0 radical (unpaired) electrons. The number of nitrogens with one attached hydrogen (secondary N) is 1. The van der Waals surface area contributed by atoms with Crippen LogP contribution in [0.1, 0.15) is 44.6 Å². The minimum atomic E-state index is 0.670. The minimum absolute atomic E-state index is 0.670. The molecular formula is C14H22N4. The Hall–Kier alpha value is -1.03.